The summed E-state index contributed by atoms with van der Waals surface area (Å²) in [7, 11) is 0. The number of hydrogen-bond acceptors (Lipinski definition) is 4. The number of hydrogen-bond donors (Lipinski definition) is 2. The summed E-state index contributed by atoms with van der Waals surface area (Å²) in [6.07, 6.45) is 1.26. The second-order valence-corrected chi connectivity index (χ2v) is 5.84. The van der Waals surface area contributed by atoms with Crippen molar-refractivity contribution in [2.24, 2.45) is 0 Å². The Hall–Kier alpha value is -3.28. The van der Waals surface area contributed by atoms with E-state index in [0.717, 1.165) is 11.6 Å². The van der Waals surface area contributed by atoms with Crippen molar-refractivity contribution in [3.63, 3.8) is 0 Å². The monoisotopic (exact) mass is 354 g/mol. The largest absolute Gasteiger partial charge is 0.503 e. The first-order chi connectivity index (χ1) is 12.4. The summed E-state index contributed by atoms with van der Waals surface area (Å²) < 4.78 is 21.4. The molecule has 1 heterocycles. The van der Waals surface area contributed by atoms with E-state index in [2.05, 4.69) is 0 Å². The quantitative estimate of drug-likeness (QED) is 0.750. The van der Waals surface area contributed by atoms with Gasteiger partial charge in [-0.05, 0) is 49.2 Å². The van der Waals surface area contributed by atoms with Crippen LogP contribution in [-0.2, 0) is 0 Å². The van der Waals surface area contributed by atoms with Crippen molar-refractivity contribution < 1.29 is 14.2 Å². The molecule has 134 valence electrons. The summed E-state index contributed by atoms with van der Waals surface area (Å²) in [5.41, 5.74) is 7.83. The first-order valence-electron chi connectivity index (χ1n) is 8.16. The van der Waals surface area contributed by atoms with Crippen molar-refractivity contribution >= 4 is 5.82 Å². The highest BCUT2D eigenvalue weighted by molar-refractivity contribution is 5.73. The Balaban J connectivity index is 2.19. The molecular formula is C20H19FN2O3. The number of pyridine rings is 1. The molecule has 3 rings (SSSR count). The predicted molar refractivity (Wildman–Crippen MR) is 99.4 cm³/mol. The number of aromatic hydroxyl groups is 1. The Bertz CT molecular complexity index is 1030. The van der Waals surface area contributed by atoms with Crippen LogP contribution in [0.1, 0.15) is 12.5 Å². The van der Waals surface area contributed by atoms with Gasteiger partial charge < -0.3 is 15.6 Å². The molecule has 0 saturated carbocycles. The molecule has 0 radical (unpaired) electrons. The maximum Gasteiger partial charge on any atom is 0.225 e. The van der Waals surface area contributed by atoms with Crippen molar-refractivity contribution in [2.45, 2.75) is 13.8 Å². The number of anilines is 1. The van der Waals surface area contributed by atoms with Crippen LogP contribution in [0.2, 0.25) is 0 Å². The van der Waals surface area contributed by atoms with E-state index in [-0.39, 0.29) is 11.6 Å². The fraction of sp³-hybridized carbons (Fsp3) is 0.150. The minimum absolute atomic E-state index is 0.177. The van der Waals surface area contributed by atoms with E-state index in [1.165, 1.54) is 16.8 Å². The van der Waals surface area contributed by atoms with Crippen LogP contribution in [0, 0.1) is 12.7 Å². The van der Waals surface area contributed by atoms with Gasteiger partial charge in [-0.25, -0.2) is 4.39 Å². The predicted octanol–water partition coefficient (Wildman–Crippen LogP) is 3.64. The summed E-state index contributed by atoms with van der Waals surface area (Å²) in [6, 6.07) is 11.1. The third-order valence-electron chi connectivity index (χ3n) is 4.16. The van der Waals surface area contributed by atoms with Crippen LogP contribution in [-0.4, -0.2) is 16.3 Å². The van der Waals surface area contributed by atoms with Gasteiger partial charge in [0.25, 0.3) is 0 Å². The molecule has 0 unspecified atom stereocenters. The molecule has 0 fully saturated rings. The molecule has 26 heavy (non-hydrogen) atoms. The van der Waals surface area contributed by atoms with Crippen molar-refractivity contribution in [1.29, 1.82) is 0 Å². The zero-order valence-electron chi connectivity index (χ0n) is 14.5. The second-order valence-electron chi connectivity index (χ2n) is 5.84. The lowest BCUT2D eigenvalue weighted by Crippen LogP contribution is -2.11. The summed E-state index contributed by atoms with van der Waals surface area (Å²) in [5.74, 6) is -0.0243. The van der Waals surface area contributed by atoms with Gasteiger partial charge in [0.1, 0.15) is 17.4 Å². The van der Waals surface area contributed by atoms with Crippen LogP contribution >= 0.6 is 0 Å². The maximum absolute atomic E-state index is 14.4. The van der Waals surface area contributed by atoms with Gasteiger partial charge in [0.15, 0.2) is 5.75 Å². The van der Waals surface area contributed by atoms with Crippen molar-refractivity contribution in [1.82, 2.24) is 4.57 Å². The molecule has 0 bridgehead atoms. The fourth-order valence-corrected chi connectivity index (χ4v) is 2.89. The van der Waals surface area contributed by atoms with E-state index in [4.69, 9.17) is 10.5 Å². The molecular weight excluding hydrogens is 335 g/mol. The van der Waals surface area contributed by atoms with Crippen LogP contribution in [0.15, 0.2) is 53.5 Å². The van der Waals surface area contributed by atoms with Crippen molar-refractivity contribution in [2.75, 3.05) is 12.3 Å². The fourth-order valence-electron chi connectivity index (χ4n) is 2.89. The average molecular weight is 354 g/mol. The van der Waals surface area contributed by atoms with Gasteiger partial charge in [0.05, 0.1) is 18.5 Å². The summed E-state index contributed by atoms with van der Waals surface area (Å²) in [6.45, 7) is 4.17. The minimum atomic E-state index is -0.553. The Morgan fingerprint density at radius 3 is 2.69 bits per heavy atom. The van der Waals surface area contributed by atoms with Crippen LogP contribution in [0.25, 0.3) is 16.8 Å². The standard InChI is InChI=1S/C20H19FN2O3/c1-3-26-13-7-8-16(21)15(9-13)14-5-4-6-17(12(14)2)23-11-19(25)18(24)10-20(23)22/h4-11,25H,3,22H2,1-2H3. The molecule has 2 aromatic carbocycles. The molecule has 0 aliphatic rings. The number of benzene rings is 2. The highest BCUT2D eigenvalue weighted by Crippen LogP contribution is 2.33. The summed E-state index contributed by atoms with van der Waals surface area (Å²) >= 11 is 0. The highest BCUT2D eigenvalue weighted by atomic mass is 19.1. The molecule has 3 N–H and O–H groups in total. The number of rotatable bonds is 4. The van der Waals surface area contributed by atoms with E-state index >= 15 is 0 Å². The Labute approximate surface area is 150 Å². The van der Waals surface area contributed by atoms with Gasteiger partial charge in [-0.2, -0.15) is 0 Å². The Morgan fingerprint density at radius 2 is 1.96 bits per heavy atom. The molecule has 3 aromatic rings. The first-order valence-corrected chi connectivity index (χ1v) is 8.16. The molecule has 5 nitrogen and oxygen atoms in total. The topological polar surface area (TPSA) is 77.5 Å². The summed E-state index contributed by atoms with van der Waals surface area (Å²) in [5, 5.41) is 9.74. The number of halogens is 1. The molecule has 0 aliphatic heterocycles. The first kappa shape index (κ1) is 17.5. The number of aromatic nitrogens is 1. The van der Waals surface area contributed by atoms with E-state index in [1.54, 1.807) is 30.3 Å². The van der Waals surface area contributed by atoms with Gasteiger partial charge in [0.2, 0.25) is 5.43 Å². The molecule has 1 aromatic heterocycles. The van der Waals surface area contributed by atoms with Crippen LogP contribution < -0.4 is 15.9 Å². The van der Waals surface area contributed by atoms with Gasteiger partial charge in [-0.15, -0.1) is 0 Å². The number of nitrogens with two attached hydrogens (primary N) is 1. The minimum Gasteiger partial charge on any atom is -0.503 e. The molecule has 6 heteroatoms. The Kier molecular flexibility index (Phi) is 4.67. The van der Waals surface area contributed by atoms with Gasteiger partial charge >= 0.3 is 0 Å². The Morgan fingerprint density at radius 1 is 1.19 bits per heavy atom. The molecule has 0 amide bonds. The number of nitrogens with zero attached hydrogens (tertiary/aromatic N) is 1. The SMILES string of the molecule is CCOc1ccc(F)c(-c2cccc(-n3cc(O)c(=O)cc3N)c2C)c1. The van der Waals surface area contributed by atoms with E-state index in [9.17, 15) is 14.3 Å². The third kappa shape index (κ3) is 3.13. The molecule has 0 aliphatic carbocycles. The molecule has 0 saturated heterocycles. The van der Waals surface area contributed by atoms with Gasteiger partial charge in [0, 0.05) is 11.6 Å². The highest BCUT2D eigenvalue weighted by Gasteiger charge is 2.14. The lowest BCUT2D eigenvalue weighted by molar-refractivity contribution is 0.340. The number of ether oxygens (including phenoxy) is 1. The van der Waals surface area contributed by atoms with Gasteiger partial charge in [-0.1, -0.05) is 12.1 Å². The van der Waals surface area contributed by atoms with E-state index in [0.29, 0.717) is 29.2 Å². The summed E-state index contributed by atoms with van der Waals surface area (Å²) in [4.78, 5) is 11.5. The van der Waals surface area contributed by atoms with Crippen molar-refractivity contribution in [3.05, 3.63) is 70.3 Å². The second kappa shape index (κ2) is 6.92. The third-order valence-corrected chi connectivity index (χ3v) is 4.16. The van der Waals surface area contributed by atoms with Crippen LogP contribution in [0.4, 0.5) is 10.2 Å². The smallest absolute Gasteiger partial charge is 0.225 e. The lowest BCUT2D eigenvalue weighted by atomic mass is 9.98. The van der Waals surface area contributed by atoms with E-state index in [1.807, 2.05) is 13.8 Å². The molecule has 0 spiro atoms. The van der Waals surface area contributed by atoms with Crippen LogP contribution in [0.3, 0.4) is 0 Å². The number of nitrogen functional groups attached to an aromatic ring is 1. The van der Waals surface area contributed by atoms with Crippen molar-refractivity contribution in [3.8, 4) is 28.3 Å². The van der Waals surface area contributed by atoms with Gasteiger partial charge in [-0.3, -0.25) is 9.36 Å². The molecule has 0 atom stereocenters. The van der Waals surface area contributed by atoms with E-state index < -0.39 is 11.2 Å². The lowest BCUT2D eigenvalue weighted by Gasteiger charge is -2.17. The normalized spacial score (nSPS) is 10.7. The zero-order valence-corrected chi connectivity index (χ0v) is 14.5. The maximum atomic E-state index is 14.4. The zero-order chi connectivity index (χ0) is 18.8. The van der Waals surface area contributed by atoms with Crippen LogP contribution in [0.5, 0.6) is 11.5 Å². The average Bonchev–Trinajstić information content (AvgIpc) is 2.61.